The number of rotatable bonds is 4. The van der Waals surface area contributed by atoms with Crippen molar-refractivity contribution in [3.63, 3.8) is 0 Å². The lowest BCUT2D eigenvalue weighted by Crippen LogP contribution is -2.45. The van der Waals surface area contributed by atoms with E-state index in [9.17, 15) is 22.0 Å². The highest BCUT2D eigenvalue weighted by Crippen LogP contribution is 2.39. The van der Waals surface area contributed by atoms with Crippen LogP contribution in [0.5, 0.6) is 5.75 Å². The van der Waals surface area contributed by atoms with Gasteiger partial charge in [0.05, 0.1) is 6.61 Å². The van der Waals surface area contributed by atoms with Crippen molar-refractivity contribution in [1.29, 1.82) is 0 Å². The summed E-state index contributed by atoms with van der Waals surface area (Å²) in [6.45, 7) is 0.237. The zero-order valence-electron chi connectivity index (χ0n) is 13.7. The fraction of sp³-hybridized carbons (Fsp3) is 0.667. The van der Waals surface area contributed by atoms with Gasteiger partial charge >= 0.3 is 6.11 Å². The van der Waals surface area contributed by atoms with Crippen molar-refractivity contribution in [3.05, 3.63) is 29.6 Å². The van der Waals surface area contributed by atoms with Crippen LogP contribution in [0.1, 0.15) is 44.9 Å². The number of benzene rings is 1. The molecule has 0 N–H and O–H groups in total. The van der Waals surface area contributed by atoms with Crippen LogP contribution in [0, 0.1) is 29.3 Å². The summed E-state index contributed by atoms with van der Waals surface area (Å²) in [5.41, 5.74) is 0. The lowest BCUT2D eigenvalue weighted by molar-refractivity contribution is -0.266. The van der Waals surface area contributed by atoms with Crippen molar-refractivity contribution in [3.8, 4) is 5.75 Å². The number of alkyl halides is 2. The highest BCUT2D eigenvalue weighted by molar-refractivity contribution is 5.25. The average Bonchev–Trinajstić information content (AvgIpc) is 2.60. The fourth-order valence-corrected chi connectivity index (χ4v) is 3.83. The molecule has 0 bridgehead atoms. The Morgan fingerprint density at radius 2 is 1.52 bits per heavy atom. The van der Waals surface area contributed by atoms with Gasteiger partial charge in [-0.3, -0.25) is 0 Å². The van der Waals surface area contributed by atoms with Crippen LogP contribution in [-0.2, 0) is 4.74 Å². The summed E-state index contributed by atoms with van der Waals surface area (Å²) in [7, 11) is 0. The molecule has 1 aromatic rings. The summed E-state index contributed by atoms with van der Waals surface area (Å²) in [5.74, 6) is -4.85. The largest absolute Gasteiger partial charge is 0.430 e. The summed E-state index contributed by atoms with van der Waals surface area (Å²) in [5, 5.41) is 0. The third-order valence-electron chi connectivity index (χ3n) is 5.21. The third-order valence-corrected chi connectivity index (χ3v) is 5.21. The first-order chi connectivity index (χ1) is 11.9. The molecule has 2 aliphatic rings. The molecule has 0 spiro atoms. The topological polar surface area (TPSA) is 18.5 Å². The number of halogens is 5. The van der Waals surface area contributed by atoms with Crippen LogP contribution in [0.25, 0.3) is 0 Å². The molecule has 1 heterocycles. The molecule has 0 aromatic heterocycles. The van der Waals surface area contributed by atoms with Gasteiger partial charge in [0, 0.05) is 12.1 Å². The van der Waals surface area contributed by atoms with Gasteiger partial charge in [-0.05, 0) is 24.7 Å². The van der Waals surface area contributed by atoms with E-state index < -0.39 is 35.4 Å². The zero-order valence-corrected chi connectivity index (χ0v) is 13.7. The van der Waals surface area contributed by atoms with Crippen molar-refractivity contribution in [2.75, 3.05) is 6.61 Å². The molecule has 7 heteroatoms. The van der Waals surface area contributed by atoms with Crippen molar-refractivity contribution < 1.29 is 31.4 Å². The Bertz CT molecular complexity index is 570. The normalized spacial score (nSPS) is 25.8. The molecule has 1 aromatic carbocycles. The van der Waals surface area contributed by atoms with Gasteiger partial charge in [-0.1, -0.05) is 32.1 Å². The van der Waals surface area contributed by atoms with E-state index in [1.54, 1.807) is 0 Å². The maximum Gasteiger partial charge on any atom is 0.424 e. The molecule has 1 saturated heterocycles. The average molecular weight is 364 g/mol. The lowest BCUT2D eigenvalue weighted by atomic mass is 9.77. The van der Waals surface area contributed by atoms with E-state index in [0.717, 1.165) is 12.8 Å². The van der Waals surface area contributed by atoms with Gasteiger partial charge in [-0.15, -0.1) is 0 Å². The molecule has 0 radical (unpaired) electrons. The predicted octanol–water partition coefficient (Wildman–Crippen LogP) is 5.45. The first-order valence-corrected chi connectivity index (χ1v) is 8.70. The fourth-order valence-electron chi connectivity index (χ4n) is 3.83. The Morgan fingerprint density at radius 3 is 2.08 bits per heavy atom. The van der Waals surface area contributed by atoms with Crippen LogP contribution in [0.4, 0.5) is 22.0 Å². The number of hydrogen-bond donors (Lipinski definition) is 0. The third kappa shape index (κ3) is 4.25. The molecule has 3 rings (SSSR count). The van der Waals surface area contributed by atoms with Crippen LogP contribution in [0.3, 0.4) is 0 Å². The van der Waals surface area contributed by atoms with Gasteiger partial charge in [0.2, 0.25) is 0 Å². The standard InChI is InChI=1S/C18H21F5O2/c19-14-8-13(9-15(20)17(14)21)25-18(22,23)16-7-6-12(10-24-16)11-4-2-1-3-5-11/h8-9,11-12,16H,1-7,10H2. The van der Waals surface area contributed by atoms with Crippen molar-refractivity contribution in [2.45, 2.75) is 57.2 Å². The van der Waals surface area contributed by atoms with Gasteiger partial charge in [-0.2, -0.15) is 8.78 Å². The SMILES string of the molecule is Fc1cc(OC(F)(F)C2CCC(C3CCCCC3)CO2)cc(F)c1F. The Balaban J connectivity index is 1.59. The van der Waals surface area contributed by atoms with E-state index in [4.69, 9.17) is 4.74 Å². The number of ether oxygens (including phenoxy) is 2. The molecule has 0 amide bonds. The van der Waals surface area contributed by atoms with E-state index >= 15 is 0 Å². The number of hydrogen-bond acceptors (Lipinski definition) is 2. The minimum Gasteiger partial charge on any atom is -0.430 e. The first-order valence-electron chi connectivity index (χ1n) is 8.70. The van der Waals surface area contributed by atoms with Crippen molar-refractivity contribution >= 4 is 0 Å². The van der Waals surface area contributed by atoms with Crippen LogP contribution in [-0.4, -0.2) is 18.8 Å². The highest BCUT2D eigenvalue weighted by Gasteiger charge is 2.46. The molecule has 1 aliphatic heterocycles. The molecule has 1 saturated carbocycles. The lowest BCUT2D eigenvalue weighted by Gasteiger charge is -2.37. The van der Waals surface area contributed by atoms with Crippen LogP contribution in [0.2, 0.25) is 0 Å². The maximum absolute atomic E-state index is 14.2. The summed E-state index contributed by atoms with van der Waals surface area (Å²) >= 11 is 0. The van der Waals surface area contributed by atoms with Gasteiger partial charge in [0.25, 0.3) is 0 Å². The van der Waals surface area contributed by atoms with Gasteiger partial charge in [-0.25, -0.2) is 13.2 Å². The highest BCUT2D eigenvalue weighted by atomic mass is 19.3. The zero-order chi connectivity index (χ0) is 18.0. The molecular weight excluding hydrogens is 343 g/mol. The monoisotopic (exact) mass is 364 g/mol. The molecule has 2 fully saturated rings. The van der Waals surface area contributed by atoms with Crippen LogP contribution >= 0.6 is 0 Å². The van der Waals surface area contributed by atoms with E-state index in [-0.39, 0.29) is 18.9 Å². The molecular formula is C18H21F5O2. The van der Waals surface area contributed by atoms with Crippen LogP contribution in [0.15, 0.2) is 12.1 Å². The second kappa shape index (κ2) is 7.48. The molecule has 2 atom stereocenters. The van der Waals surface area contributed by atoms with Gasteiger partial charge < -0.3 is 9.47 Å². The quantitative estimate of drug-likeness (QED) is 0.522. The minimum atomic E-state index is -3.74. The maximum atomic E-state index is 14.2. The Kier molecular flexibility index (Phi) is 5.51. The Hall–Kier alpha value is -1.37. The Morgan fingerprint density at radius 1 is 0.880 bits per heavy atom. The predicted molar refractivity (Wildman–Crippen MR) is 80.9 cm³/mol. The van der Waals surface area contributed by atoms with Crippen LogP contribution < -0.4 is 4.74 Å². The summed E-state index contributed by atoms with van der Waals surface area (Å²) < 4.78 is 77.4. The molecule has 2 unspecified atom stereocenters. The summed E-state index contributed by atoms with van der Waals surface area (Å²) in [6, 6.07) is 0.806. The van der Waals surface area contributed by atoms with E-state index in [2.05, 4.69) is 4.74 Å². The van der Waals surface area contributed by atoms with Crippen molar-refractivity contribution in [2.24, 2.45) is 11.8 Å². The first kappa shape index (κ1) is 18.4. The van der Waals surface area contributed by atoms with E-state index in [0.29, 0.717) is 24.5 Å². The molecule has 1 aliphatic carbocycles. The molecule has 2 nitrogen and oxygen atoms in total. The van der Waals surface area contributed by atoms with Gasteiger partial charge in [0.15, 0.2) is 23.6 Å². The second-order valence-electron chi connectivity index (χ2n) is 6.92. The van der Waals surface area contributed by atoms with Gasteiger partial charge in [0.1, 0.15) is 5.75 Å². The molecule has 25 heavy (non-hydrogen) atoms. The molecule has 140 valence electrons. The smallest absolute Gasteiger partial charge is 0.424 e. The van der Waals surface area contributed by atoms with E-state index in [1.165, 1.54) is 19.3 Å². The van der Waals surface area contributed by atoms with Crippen molar-refractivity contribution in [1.82, 2.24) is 0 Å². The Labute approximate surface area is 143 Å². The second-order valence-corrected chi connectivity index (χ2v) is 6.92. The summed E-state index contributed by atoms with van der Waals surface area (Å²) in [6.07, 6.45) is 1.29. The minimum absolute atomic E-state index is 0.111. The van der Waals surface area contributed by atoms with E-state index in [1.807, 2.05) is 0 Å². The summed E-state index contributed by atoms with van der Waals surface area (Å²) in [4.78, 5) is 0.